The number of aromatic nitrogens is 1. The number of hydrazine groups is 1. The number of nitrogens with one attached hydrogen (secondary N) is 3. The lowest BCUT2D eigenvalue weighted by molar-refractivity contribution is -0.137. The van der Waals surface area contributed by atoms with E-state index in [1.54, 1.807) is 24.7 Å². The maximum absolute atomic E-state index is 12.9. The van der Waals surface area contributed by atoms with Crippen LogP contribution in [0.25, 0.3) is 5.70 Å². The third-order valence-electron chi connectivity index (χ3n) is 4.70. The summed E-state index contributed by atoms with van der Waals surface area (Å²) in [6.45, 7) is 2.71. The first-order valence-corrected chi connectivity index (χ1v) is 9.09. The number of halogens is 3. The van der Waals surface area contributed by atoms with Gasteiger partial charge in [-0.05, 0) is 24.3 Å². The lowest BCUT2D eigenvalue weighted by Crippen LogP contribution is -2.42. The number of hydrogen-bond donors (Lipinski definition) is 4. The molecule has 7 nitrogen and oxygen atoms in total. The summed E-state index contributed by atoms with van der Waals surface area (Å²) >= 11 is 0. The van der Waals surface area contributed by atoms with Crippen molar-refractivity contribution in [3.8, 4) is 5.75 Å². The number of fused-ring (bicyclic) bond motifs is 1. The van der Waals surface area contributed by atoms with E-state index in [1.165, 1.54) is 11.1 Å². The van der Waals surface area contributed by atoms with Gasteiger partial charge < -0.3 is 20.5 Å². The molecule has 10 heteroatoms. The van der Waals surface area contributed by atoms with Crippen LogP contribution in [0.2, 0.25) is 0 Å². The Morgan fingerprint density at radius 2 is 2.10 bits per heavy atom. The Kier molecular flexibility index (Phi) is 5.20. The fourth-order valence-corrected chi connectivity index (χ4v) is 3.29. The van der Waals surface area contributed by atoms with Crippen LogP contribution >= 0.6 is 0 Å². The molecule has 0 bridgehead atoms. The van der Waals surface area contributed by atoms with Crippen molar-refractivity contribution in [3.05, 3.63) is 54.0 Å². The number of alkyl halides is 3. The van der Waals surface area contributed by atoms with Gasteiger partial charge in [0.15, 0.2) is 0 Å². The van der Waals surface area contributed by atoms with Crippen LogP contribution in [0.3, 0.4) is 0 Å². The van der Waals surface area contributed by atoms with Gasteiger partial charge in [0.25, 0.3) is 0 Å². The highest BCUT2D eigenvalue weighted by Gasteiger charge is 2.32. The van der Waals surface area contributed by atoms with Crippen molar-refractivity contribution in [2.24, 2.45) is 0 Å². The van der Waals surface area contributed by atoms with Gasteiger partial charge in [0, 0.05) is 37.2 Å². The molecule has 1 aromatic heterocycles. The molecule has 0 aliphatic carbocycles. The van der Waals surface area contributed by atoms with Gasteiger partial charge in [0.2, 0.25) is 0 Å². The van der Waals surface area contributed by atoms with Gasteiger partial charge in [-0.25, -0.2) is 0 Å². The van der Waals surface area contributed by atoms with Crippen LogP contribution in [0.15, 0.2) is 42.9 Å². The van der Waals surface area contributed by atoms with E-state index in [-0.39, 0.29) is 11.7 Å². The standard InChI is InChI=1S/C19H20F3N5O2/c20-19(21,22)12-1-2-17(18(28)7-12)27-16-3-4-23-9-14(16)15(10-25-27)26-13-8-24-5-6-29-11-13/h1-4,7,9-10,13,24-26,28H,5-6,8,11H2. The van der Waals surface area contributed by atoms with Crippen molar-refractivity contribution in [1.82, 2.24) is 21.0 Å². The van der Waals surface area contributed by atoms with Gasteiger partial charge in [-0.3, -0.25) is 15.4 Å². The lowest BCUT2D eigenvalue weighted by Gasteiger charge is -2.33. The topological polar surface area (TPSA) is 81.7 Å². The molecule has 1 saturated heterocycles. The van der Waals surface area contributed by atoms with Crippen molar-refractivity contribution in [1.29, 1.82) is 0 Å². The largest absolute Gasteiger partial charge is 0.506 e. The summed E-state index contributed by atoms with van der Waals surface area (Å²) in [5, 5.41) is 18.4. The number of anilines is 2. The van der Waals surface area contributed by atoms with Crippen molar-refractivity contribution in [2.75, 3.05) is 31.3 Å². The smallest absolute Gasteiger partial charge is 0.416 e. The normalized spacial score (nSPS) is 19.6. The fraction of sp³-hybridized carbons (Fsp3) is 0.316. The molecule has 0 radical (unpaired) electrons. The molecule has 1 fully saturated rings. The second-order valence-electron chi connectivity index (χ2n) is 6.74. The zero-order valence-electron chi connectivity index (χ0n) is 15.3. The van der Waals surface area contributed by atoms with Crippen LogP contribution in [-0.4, -0.2) is 42.4 Å². The van der Waals surface area contributed by atoms with Crippen molar-refractivity contribution >= 4 is 17.1 Å². The van der Waals surface area contributed by atoms with Crippen molar-refractivity contribution in [2.45, 2.75) is 12.2 Å². The maximum atomic E-state index is 12.9. The summed E-state index contributed by atoms with van der Waals surface area (Å²) in [6, 6.07) is 4.64. The van der Waals surface area contributed by atoms with E-state index in [0.29, 0.717) is 25.0 Å². The minimum atomic E-state index is -4.53. The average Bonchev–Trinajstić information content (AvgIpc) is 2.96. The summed E-state index contributed by atoms with van der Waals surface area (Å²) in [5.74, 6) is -0.485. The van der Waals surface area contributed by atoms with E-state index in [4.69, 9.17) is 4.74 Å². The Bertz CT molecular complexity index is 911. The molecule has 1 unspecified atom stereocenters. The van der Waals surface area contributed by atoms with E-state index in [9.17, 15) is 18.3 Å². The molecular weight excluding hydrogens is 387 g/mol. The Balaban J connectivity index is 1.62. The molecule has 4 N–H and O–H groups in total. The minimum Gasteiger partial charge on any atom is -0.506 e. The average molecular weight is 407 g/mol. The summed E-state index contributed by atoms with van der Waals surface area (Å²) < 4.78 is 44.3. The molecule has 29 heavy (non-hydrogen) atoms. The monoisotopic (exact) mass is 407 g/mol. The fourth-order valence-electron chi connectivity index (χ4n) is 3.29. The summed E-state index contributed by atoms with van der Waals surface area (Å²) in [6.07, 6.45) is 0.396. The van der Waals surface area contributed by atoms with Gasteiger partial charge in [-0.2, -0.15) is 13.2 Å². The quantitative estimate of drug-likeness (QED) is 0.622. The van der Waals surface area contributed by atoms with Crippen LogP contribution in [-0.2, 0) is 10.9 Å². The second-order valence-corrected chi connectivity index (χ2v) is 6.74. The van der Waals surface area contributed by atoms with Crippen molar-refractivity contribution in [3.63, 3.8) is 0 Å². The summed E-state index contributed by atoms with van der Waals surface area (Å²) in [4.78, 5) is 4.16. The van der Waals surface area contributed by atoms with Gasteiger partial charge in [0.1, 0.15) is 11.4 Å². The van der Waals surface area contributed by atoms with Crippen molar-refractivity contribution < 1.29 is 23.0 Å². The van der Waals surface area contributed by atoms with E-state index < -0.39 is 17.5 Å². The van der Waals surface area contributed by atoms with Crippen LogP contribution in [0.4, 0.5) is 24.5 Å². The minimum absolute atomic E-state index is 0.0460. The van der Waals surface area contributed by atoms with E-state index in [1.807, 2.05) is 0 Å². The van der Waals surface area contributed by atoms with Crippen LogP contribution in [0.1, 0.15) is 11.1 Å². The molecule has 2 aliphatic rings. The number of ether oxygens (including phenoxy) is 1. The first-order valence-electron chi connectivity index (χ1n) is 9.09. The number of rotatable bonds is 3. The molecular formula is C19H20F3N5O2. The molecule has 1 aromatic carbocycles. The molecule has 1 atom stereocenters. The molecule has 0 saturated carbocycles. The van der Waals surface area contributed by atoms with Crippen LogP contribution in [0, 0.1) is 0 Å². The number of benzene rings is 1. The highest BCUT2D eigenvalue weighted by Crippen LogP contribution is 2.40. The molecule has 0 spiro atoms. The first kappa shape index (κ1) is 19.3. The third-order valence-corrected chi connectivity index (χ3v) is 4.70. The number of phenols is 1. The number of nitrogens with zero attached hydrogens (tertiary/aromatic N) is 2. The predicted octanol–water partition coefficient (Wildman–Crippen LogP) is 2.34. The van der Waals surface area contributed by atoms with Gasteiger partial charge >= 0.3 is 6.18 Å². The molecule has 2 aliphatic heterocycles. The first-order chi connectivity index (χ1) is 13.9. The third kappa shape index (κ3) is 4.08. The lowest BCUT2D eigenvalue weighted by atomic mass is 10.1. The Hall–Kier alpha value is -2.98. The zero-order valence-corrected chi connectivity index (χ0v) is 15.3. The van der Waals surface area contributed by atoms with Gasteiger partial charge in [-0.15, -0.1) is 0 Å². The second kappa shape index (κ2) is 7.80. The predicted molar refractivity (Wildman–Crippen MR) is 101 cm³/mol. The molecule has 0 amide bonds. The van der Waals surface area contributed by atoms with E-state index in [2.05, 4.69) is 21.0 Å². The van der Waals surface area contributed by atoms with Crippen LogP contribution in [0.5, 0.6) is 5.75 Å². The number of hydrogen-bond acceptors (Lipinski definition) is 7. The number of pyridine rings is 1. The molecule has 2 aromatic rings. The highest BCUT2D eigenvalue weighted by molar-refractivity contribution is 5.82. The molecule has 3 heterocycles. The Labute approximate surface area is 165 Å². The zero-order chi connectivity index (χ0) is 20.4. The number of aromatic hydroxyl groups is 1. The Morgan fingerprint density at radius 1 is 1.24 bits per heavy atom. The van der Waals surface area contributed by atoms with Gasteiger partial charge in [-0.1, -0.05) is 0 Å². The Morgan fingerprint density at radius 3 is 2.90 bits per heavy atom. The maximum Gasteiger partial charge on any atom is 0.416 e. The number of phenolic OH excluding ortho intramolecular Hbond substituents is 1. The highest BCUT2D eigenvalue weighted by atomic mass is 19.4. The van der Waals surface area contributed by atoms with Crippen LogP contribution < -0.4 is 21.1 Å². The van der Waals surface area contributed by atoms with Gasteiger partial charge in [0.05, 0.1) is 36.2 Å². The molecule has 154 valence electrons. The molecule has 4 rings (SSSR count). The summed E-state index contributed by atoms with van der Waals surface area (Å²) in [7, 11) is 0. The summed E-state index contributed by atoms with van der Waals surface area (Å²) in [5.41, 5.74) is 4.46. The van der Waals surface area contributed by atoms with E-state index >= 15 is 0 Å². The SMILES string of the molecule is Oc1cc(C(F)(F)F)ccc1N1NC=C(NC2CNCCOC2)c2cnccc21. The van der Waals surface area contributed by atoms with E-state index in [0.717, 1.165) is 30.4 Å².